The third-order valence-electron chi connectivity index (χ3n) is 4.48. The molecule has 0 aromatic heterocycles. The summed E-state index contributed by atoms with van der Waals surface area (Å²) < 4.78 is 0. The van der Waals surface area contributed by atoms with Crippen molar-refractivity contribution in [2.75, 3.05) is 17.6 Å². The minimum Gasteiger partial charge on any atom is -0.335 e. The Morgan fingerprint density at radius 1 is 1.19 bits per heavy atom. The molecule has 0 bridgehead atoms. The molecule has 0 unspecified atom stereocenters. The molecular formula is C17H21N3S. The van der Waals surface area contributed by atoms with Gasteiger partial charge in [-0.1, -0.05) is 43.2 Å². The van der Waals surface area contributed by atoms with Crippen LogP contribution < -0.4 is 5.32 Å². The fourth-order valence-corrected chi connectivity index (χ4v) is 4.32. The van der Waals surface area contributed by atoms with Gasteiger partial charge in [-0.3, -0.25) is 4.99 Å². The number of benzene rings is 1. The maximum atomic E-state index is 8.68. The predicted octanol–water partition coefficient (Wildman–Crippen LogP) is 4.22. The first-order valence-electron chi connectivity index (χ1n) is 7.70. The Labute approximate surface area is 130 Å². The maximum Gasteiger partial charge on any atom is 0.161 e. The molecule has 0 amide bonds. The Balaban J connectivity index is 1.60. The van der Waals surface area contributed by atoms with Crippen molar-refractivity contribution in [2.24, 2.45) is 10.4 Å². The highest BCUT2D eigenvalue weighted by molar-refractivity contribution is 8.14. The molecule has 1 N–H and O–H groups in total. The molecule has 4 heteroatoms. The highest BCUT2D eigenvalue weighted by Gasteiger charge is 2.34. The summed E-state index contributed by atoms with van der Waals surface area (Å²) in [5, 5.41) is 13.1. The summed E-state index contributed by atoms with van der Waals surface area (Å²) in [7, 11) is 0. The van der Waals surface area contributed by atoms with Crippen molar-refractivity contribution in [3.05, 3.63) is 29.8 Å². The Morgan fingerprint density at radius 2 is 1.95 bits per heavy atom. The Kier molecular flexibility index (Phi) is 4.50. The lowest BCUT2D eigenvalue weighted by Crippen LogP contribution is -2.35. The lowest BCUT2D eigenvalue weighted by Gasteiger charge is -2.38. The van der Waals surface area contributed by atoms with Crippen molar-refractivity contribution in [2.45, 2.75) is 38.5 Å². The van der Waals surface area contributed by atoms with Gasteiger partial charge in [0.25, 0.3) is 0 Å². The second-order valence-electron chi connectivity index (χ2n) is 6.13. The van der Waals surface area contributed by atoms with Crippen LogP contribution in [0.5, 0.6) is 0 Å². The van der Waals surface area contributed by atoms with Crippen molar-refractivity contribution in [3.8, 4) is 6.07 Å². The monoisotopic (exact) mass is 299 g/mol. The van der Waals surface area contributed by atoms with Gasteiger partial charge in [-0.25, -0.2) is 0 Å². The average Bonchev–Trinajstić information content (AvgIpc) is 2.53. The smallest absolute Gasteiger partial charge is 0.161 e. The first-order valence-corrected chi connectivity index (χ1v) is 8.68. The van der Waals surface area contributed by atoms with Gasteiger partial charge in [0.2, 0.25) is 0 Å². The number of aliphatic imine (C=N–C) groups is 1. The van der Waals surface area contributed by atoms with Crippen LogP contribution in [0.25, 0.3) is 0 Å². The van der Waals surface area contributed by atoms with Crippen molar-refractivity contribution in [1.82, 2.24) is 0 Å². The summed E-state index contributed by atoms with van der Waals surface area (Å²) in [5.41, 5.74) is 2.59. The number of nitrogens with one attached hydrogen (secondary N) is 1. The van der Waals surface area contributed by atoms with Gasteiger partial charge in [-0.15, -0.1) is 0 Å². The van der Waals surface area contributed by atoms with Gasteiger partial charge in [0, 0.05) is 18.0 Å². The van der Waals surface area contributed by atoms with E-state index >= 15 is 0 Å². The molecule has 1 aromatic carbocycles. The van der Waals surface area contributed by atoms with Crippen molar-refractivity contribution in [1.29, 1.82) is 5.26 Å². The van der Waals surface area contributed by atoms with Gasteiger partial charge >= 0.3 is 0 Å². The van der Waals surface area contributed by atoms with Gasteiger partial charge in [0.1, 0.15) is 0 Å². The SMILES string of the molecule is N#CCc1ccc(NC2=NCC3(CCCCC3)CS2)cc1. The molecule has 110 valence electrons. The standard InChI is InChI=1S/C17H21N3S/c18-11-8-14-4-6-15(7-5-14)20-16-19-12-17(13-21-16)9-2-1-3-10-17/h4-7H,1-3,8-10,12-13H2,(H,19,20). The van der Waals surface area contributed by atoms with E-state index in [1.807, 2.05) is 36.0 Å². The summed E-state index contributed by atoms with van der Waals surface area (Å²) >= 11 is 1.86. The molecule has 1 fully saturated rings. The zero-order valence-electron chi connectivity index (χ0n) is 12.3. The van der Waals surface area contributed by atoms with Crippen LogP contribution in [0, 0.1) is 16.7 Å². The highest BCUT2D eigenvalue weighted by atomic mass is 32.2. The second-order valence-corrected chi connectivity index (χ2v) is 7.09. The Hall–Kier alpha value is -1.47. The van der Waals surface area contributed by atoms with E-state index in [1.54, 1.807) is 0 Å². The van der Waals surface area contributed by atoms with E-state index in [2.05, 4.69) is 11.4 Å². The molecule has 1 spiro atoms. The average molecular weight is 299 g/mol. The van der Waals surface area contributed by atoms with Crippen molar-refractivity contribution >= 4 is 22.6 Å². The number of amidine groups is 1. The predicted molar refractivity (Wildman–Crippen MR) is 89.7 cm³/mol. The number of thioether (sulfide) groups is 1. The molecule has 1 saturated carbocycles. The van der Waals surface area contributed by atoms with Crippen LogP contribution in [0.2, 0.25) is 0 Å². The molecule has 21 heavy (non-hydrogen) atoms. The summed E-state index contributed by atoms with van der Waals surface area (Å²) in [6.07, 6.45) is 7.31. The summed E-state index contributed by atoms with van der Waals surface area (Å²) in [4.78, 5) is 4.78. The van der Waals surface area contributed by atoms with E-state index in [-0.39, 0.29) is 0 Å². The second kappa shape index (κ2) is 6.53. The molecule has 1 aliphatic heterocycles. The third-order valence-corrected chi connectivity index (χ3v) is 5.74. The molecule has 1 aromatic rings. The van der Waals surface area contributed by atoms with E-state index in [0.717, 1.165) is 23.0 Å². The fraction of sp³-hybridized carbons (Fsp3) is 0.529. The van der Waals surface area contributed by atoms with Crippen molar-refractivity contribution in [3.63, 3.8) is 0 Å². The fourth-order valence-electron chi connectivity index (χ4n) is 3.15. The van der Waals surface area contributed by atoms with Crippen LogP contribution in [0.1, 0.15) is 37.7 Å². The molecular weight excluding hydrogens is 278 g/mol. The quantitative estimate of drug-likeness (QED) is 0.889. The molecule has 0 saturated heterocycles. The van der Waals surface area contributed by atoms with E-state index in [9.17, 15) is 0 Å². The minimum absolute atomic E-state index is 0.471. The van der Waals surface area contributed by atoms with E-state index in [1.165, 1.54) is 37.9 Å². The summed E-state index contributed by atoms with van der Waals surface area (Å²) in [6, 6.07) is 10.2. The number of hydrogen-bond acceptors (Lipinski definition) is 4. The first-order chi connectivity index (χ1) is 10.3. The van der Waals surface area contributed by atoms with E-state index in [0.29, 0.717) is 11.8 Å². The molecule has 1 heterocycles. The van der Waals surface area contributed by atoms with Gasteiger partial charge in [-0.05, 0) is 36.0 Å². The largest absolute Gasteiger partial charge is 0.335 e. The number of anilines is 1. The number of hydrogen-bond donors (Lipinski definition) is 1. The molecule has 3 nitrogen and oxygen atoms in total. The van der Waals surface area contributed by atoms with E-state index in [4.69, 9.17) is 10.3 Å². The maximum absolute atomic E-state index is 8.68. The van der Waals surface area contributed by atoms with Gasteiger partial charge in [0.15, 0.2) is 5.17 Å². The number of nitrogens with zero attached hydrogens (tertiary/aromatic N) is 2. The zero-order valence-corrected chi connectivity index (χ0v) is 13.1. The zero-order chi connectivity index (χ0) is 14.5. The number of nitriles is 1. The van der Waals surface area contributed by atoms with Crippen LogP contribution >= 0.6 is 11.8 Å². The molecule has 0 radical (unpaired) electrons. The molecule has 1 aliphatic carbocycles. The van der Waals surface area contributed by atoms with Gasteiger partial charge in [-0.2, -0.15) is 5.26 Å². The summed E-state index contributed by atoms with van der Waals surface area (Å²) in [5.74, 6) is 1.20. The molecule has 3 rings (SSSR count). The van der Waals surface area contributed by atoms with Gasteiger partial charge < -0.3 is 5.32 Å². The van der Waals surface area contributed by atoms with Crippen LogP contribution in [0.4, 0.5) is 5.69 Å². The lowest BCUT2D eigenvalue weighted by atomic mass is 9.75. The Bertz CT molecular complexity index is 550. The van der Waals surface area contributed by atoms with Crippen molar-refractivity contribution < 1.29 is 0 Å². The molecule has 2 aliphatic rings. The van der Waals surface area contributed by atoms with Crippen LogP contribution in [-0.2, 0) is 6.42 Å². The lowest BCUT2D eigenvalue weighted by molar-refractivity contribution is 0.232. The van der Waals surface area contributed by atoms with Crippen LogP contribution in [0.3, 0.4) is 0 Å². The first kappa shape index (κ1) is 14.5. The molecule has 0 atom stereocenters. The normalized spacial score (nSPS) is 20.6. The minimum atomic E-state index is 0.471. The van der Waals surface area contributed by atoms with Crippen LogP contribution in [-0.4, -0.2) is 17.5 Å². The van der Waals surface area contributed by atoms with Gasteiger partial charge in [0.05, 0.1) is 12.5 Å². The topological polar surface area (TPSA) is 48.2 Å². The van der Waals surface area contributed by atoms with Crippen LogP contribution in [0.15, 0.2) is 29.3 Å². The Morgan fingerprint density at radius 3 is 2.57 bits per heavy atom. The third kappa shape index (κ3) is 3.59. The summed E-state index contributed by atoms with van der Waals surface area (Å²) in [6.45, 7) is 0.981. The number of rotatable bonds is 2. The highest BCUT2D eigenvalue weighted by Crippen LogP contribution is 2.41. The van der Waals surface area contributed by atoms with E-state index < -0.39 is 0 Å².